The maximum atomic E-state index is 12.1. The van der Waals surface area contributed by atoms with Crippen molar-refractivity contribution >= 4 is 10.2 Å². The maximum Gasteiger partial charge on any atom is 0.279 e. The molecule has 5 nitrogen and oxygen atoms in total. The first-order valence-corrected chi connectivity index (χ1v) is 7.40. The molecular formula is C10H23N3O2S. The van der Waals surface area contributed by atoms with Crippen LogP contribution in [0.3, 0.4) is 0 Å². The average molecular weight is 249 g/mol. The fourth-order valence-electron chi connectivity index (χ4n) is 2.18. The lowest BCUT2D eigenvalue weighted by atomic mass is 10.2. The van der Waals surface area contributed by atoms with Crippen LogP contribution in [0, 0.1) is 0 Å². The molecule has 0 bridgehead atoms. The zero-order valence-electron chi connectivity index (χ0n) is 10.1. The first kappa shape index (κ1) is 13.9. The number of rotatable bonds is 6. The van der Waals surface area contributed by atoms with E-state index in [0.717, 1.165) is 25.7 Å². The monoisotopic (exact) mass is 249 g/mol. The summed E-state index contributed by atoms with van der Waals surface area (Å²) < 4.78 is 28.3. The van der Waals surface area contributed by atoms with Crippen molar-refractivity contribution < 1.29 is 8.42 Å². The molecule has 1 aliphatic rings. The van der Waals surface area contributed by atoms with Gasteiger partial charge in [-0.15, -0.1) is 0 Å². The van der Waals surface area contributed by atoms with Gasteiger partial charge in [-0.2, -0.15) is 17.4 Å². The van der Waals surface area contributed by atoms with Crippen LogP contribution in [0.1, 0.15) is 39.5 Å². The number of nitrogens with zero attached hydrogens (tertiary/aromatic N) is 1. The third-order valence-electron chi connectivity index (χ3n) is 2.77. The van der Waals surface area contributed by atoms with Crippen molar-refractivity contribution in [2.24, 2.45) is 5.73 Å². The topological polar surface area (TPSA) is 75.4 Å². The first-order chi connectivity index (χ1) is 7.47. The van der Waals surface area contributed by atoms with Gasteiger partial charge in [0.2, 0.25) is 0 Å². The lowest BCUT2D eigenvalue weighted by molar-refractivity contribution is 0.322. The second-order valence-corrected chi connectivity index (χ2v) is 6.27. The van der Waals surface area contributed by atoms with Crippen molar-refractivity contribution in [1.82, 2.24) is 9.03 Å². The standard InChI is InChI=1S/C10H23N3O2S/c1-9(2)12-16(14,15)13(8-7-11)10-5-3-4-6-10/h9-10,12H,3-8,11H2,1-2H3. The van der Waals surface area contributed by atoms with E-state index in [1.54, 1.807) is 4.31 Å². The molecule has 1 saturated carbocycles. The third-order valence-corrected chi connectivity index (χ3v) is 4.64. The van der Waals surface area contributed by atoms with E-state index in [9.17, 15) is 8.42 Å². The summed E-state index contributed by atoms with van der Waals surface area (Å²) in [6.07, 6.45) is 4.14. The number of nitrogens with two attached hydrogens (primary N) is 1. The highest BCUT2D eigenvalue weighted by Crippen LogP contribution is 2.24. The molecule has 0 atom stereocenters. The van der Waals surface area contributed by atoms with Gasteiger partial charge in [-0.3, -0.25) is 0 Å². The predicted molar refractivity (Wildman–Crippen MR) is 65.2 cm³/mol. The highest BCUT2D eigenvalue weighted by atomic mass is 32.2. The van der Waals surface area contributed by atoms with Crippen LogP contribution >= 0.6 is 0 Å². The van der Waals surface area contributed by atoms with Gasteiger partial charge in [-0.05, 0) is 26.7 Å². The highest BCUT2D eigenvalue weighted by molar-refractivity contribution is 7.87. The summed E-state index contributed by atoms with van der Waals surface area (Å²) >= 11 is 0. The van der Waals surface area contributed by atoms with E-state index in [2.05, 4.69) is 4.72 Å². The average Bonchev–Trinajstić information content (AvgIpc) is 2.64. The number of nitrogens with one attached hydrogen (secondary N) is 1. The zero-order chi connectivity index (χ0) is 12.2. The second kappa shape index (κ2) is 5.95. The molecule has 0 amide bonds. The third kappa shape index (κ3) is 3.69. The Hall–Kier alpha value is -0.170. The van der Waals surface area contributed by atoms with E-state index < -0.39 is 10.2 Å². The predicted octanol–water partition coefficient (Wildman–Crippen LogP) is 0.433. The Morgan fingerprint density at radius 1 is 1.38 bits per heavy atom. The quantitative estimate of drug-likeness (QED) is 0.717. The van der Waals surface area contributed by atoms with E-state index in [4.69, 9.17) is 5.73 Å². The summed E-state index contributed by atoms with van der Waals surface area (Å²) in [4.78, 5) is 0. The lowest BCUT2D eigenvalue weighted by Gasteiger charge is -2.28. The Bertz CT molecular complexity index is 297. The van der Waals surface area contributed by atoms with Gasteiger partial charge in [0.25, 0.3) is 10.2 Å². The zero-order valence-corrected chi connectivity index (χ0v) is 11.0. The molecule has 0 aromatic heterocycles. The van der Waals surface area contributed by atoms with Crippen molar-refractivity contribution in [1.29, 1.82) is 0 Å². The number of hydrogen-bond acceptors (Lipinski definition) is 3. The molecule has 0 aromatic rings. The van der Waals surface area contributed by atoms with Gasteiger partial charge in [-0.1, -0.05) is 12.8 Å². The van der Waals surface area contributed by atoms with Gasteiger partial charge in [-0.25, -0.2) is 0 Å². The molecular weight excluding hydrogens is 226 g/mol. The fraction of sp³-hybridized carbons (Fsp3) is 1.00. The minimum atomic E-state index is -3.36. The largest absolute Gasteiger partial charge is 0.329 e. The lowest BCUT2D eigenvalue weighted by Crippen LogP contribution is -2.49. The van der Waals surface area contributed by atoms with E-state index in [1.807, 2.05) is 13.8 Å². The minimum Gasteiger partial charge on any atom is -0.329 e. The molecule has 96 valence electrons. The van der Waals surface area contributed by atoms with Crippen LogP contribution in [0.2, 0.25) is 0 Å². The molecule has 0 aliphatic heterocycles. The summed E-state index contributed by atoms with van der Waals surface area (Å²) in [5, 5.41) is 0. The van der Waals surface area contributed by atoms with Crippen molar-refractivity contribution in [3.8, 4) is 0 Å². The fourth-order valence-corrected chi connectivity index (χ4v) is 3.86. The molecule has 0 spiro atoms. The van der Waals surface area contributed by atoms with E-state index in [0.29, 0.717) is 13.1 Å². The van der Waals surface area contributed by atoms with Crippen LogP contribution in [0.25, 0.3) is 0 Å². The van der Waals surface area contributed by atoms with Gasteiger partial charge in [0.05, 0.1) is 0 Å². The van der Waals surface area contributed by atoms with E-state index in [1.165, 1.54) is 0 Å². The molecule has 0 heterocycles. The summed E-state index contributed by atoms with van der Waals surface area (Å²) in [5.74, 6) is 0. The summed E-state index contributed by atoms with van der Waals surface area (Å²) in [7, 11) is -3.36. The van der Waals surface area contributed by atoms with Crippen molar-refractivity contribution in [2.45, 2.75) is 51.6 Å². The first-order valence-electron chi connectivity index (χ1n) is 5.96. The van der Waals surface area contributed by atoms with Crippen LogP contribution in [0.15, 0.2) is 0 Å². The van der Waals surface area contributed by atoms with Crippen molar-refractivity contribution in [2.75, 3.05) is 13.1 Å². The normalized spacial score (nSPS) is 18.8. The van der Waals surface area contributed by atoms with E-state index >= 15 is 0 Å². The smallest absolute Gasteiger partial charge is 0.279 e. The molecule has 16 heavy (non-hydrogen) atoms. The van der Waals surface area contributed by atoms with Gasteiger partial charge in [0.15, 0.2) is 0 Å². The molecule has 0 unspecified atom stereocenters. The molecule has 0 aromatic carbocycles. The minimum absolute atomic E-state index is 0.0772. The Labute approximate surface area is 98.6 Å². The molecule has 0 saturated heterocycles. The number of hydrogen-bond donors (Lipinski definition) is 2. The van der Waals surface area contributed by atoms with Crippen LogP contribution in [0.5, 0.6) is 0 Å². The highest BCUT2D eigenvalue weighted by Gasteiger charge is 2.31. The molecule has 6 heteroatoms. The van der Waals surface area contributed by atoms with Gasteiger partial charge in [0.1, 0.15) is 0 Å². The van der Waals surface area contributed by atoms with Gasteiger partial charge in [0, 0.05) is 25.2 Å². The SMILES string of the molecule is CC(C)NS(=O)(=O)N(CCN)C1CCCC1. The van der Waals surface area contributed by atoms with Crippen LogP contribution < -0.4 is 10.5 Å². The van der Waals surface area contributed by atoms with Crippen molar-refractivity contribution in [3.63, 3.8) is 0 Å². The summed E-state index contributed by atoms with van der Waals surface area (Å²) in [6, 6.07) is 0.0616. The summed E-state index contributed by atoms with van der Waals surface area (Å²) in [6.45, 7) is 4.43. The molecule has 0 radical (unpaired) electrons. The van der Waals surface area contributed by atoms with Gasteiger partial charge < -0.3 is 5.73 Å². The van der Waals surface area contributed by atoms with Gasteiger partial charge >= 0.3 is 0 Å². The Morgan fingerprint density at radius 3 is 2.38 bits per heavy atom. The second-order valence-electron chi connectivity index (χ2n) is 4.62. The molecule has 1 fully saturated rings. The Morgan fingerprint density at radius 2 is 1.94 bits per heavy atom. The molecule has 1 rings (SSSR count). The molecule has 1 aliphatic carbocycles. The van der Waals surface area contributed by atoms with Crippen LogP contribution in [-0.4, -0.2) is 37.9 Å². The Balaban J connectivity index is 2.75. The summed E-state index contributed by atoms with van der Waals surface area (Å²) in [5.41, 5.74) is 5.49. The van der Waals surface area contributed by atoms with E-state index in [-0.39, 0.29) is 12.1 Å². The van der Waals surface area contributed by atoms with Crippen LogP contribution in [-0.2, 0) is 10.2 Å². The van der Waals surface area contributed by atoms with Crippen molar-refractivity contribution in [3.05, 3.63) is 0 Å². The Kier molecular flexibility index (Phi) is 5.17. The maximum absolute atomic E-state index is 12.1. The van der Waals surface area contributed by atoms with Crippen LogP contribution in [0.4, 0.5) is 0 Å². The molecule has 3 N–H and O–H groups in total.